The zero-order chi connectivity index (χ0) is 41.5. The van der Waals surface area contributed by atoms with Gasteiger partial charge in [0.15, 0.2) is 5.82 Å². The first-order chi connectivity index (χ1) is 30.5. The lowest BCUT2D eigenvalue weighted by molar-refractivity contribution is 0.483. The topological polar surface area (TPSA) is 111 Å². The molecule has 6 heterocycles. The second-order valence-electron chi connectivity index (χ2n) is 15.5. The number of para-hydroxylation sites is 2. The molecule has 0 radical (unpaired) electrons. The molecule has 0 aliphatic rings. The number of benzene rings is 6. The smallest absolute Gasteiger partial charge is 0.273 e. The van der Waals surface area contributed by atoms with Gasteiger partial charge in [0.25, 0.3) is 5.95 Å². The van der Waals surface area contributed by atoms with Crippen LogP contribution in [0.25, 0.3) is 83.0 Å². The molecule has 0 N–H and O–H groups in total. The standard InChI is InChI=1S/C51H35N9O2/c1-30-24-35(28-45-49(30)39-12-4-6-14-41(39)58(45)47-16-8-10-22-52-47)61-33-18-20-37-38-21-19-34(27-44(38)60(43(37)26-33)51-56-54-32(3)55-57-51)62-36-25-31(2)50-40-13-5-7-15-42(40)59(46(50)29-36)48-17-9-11-23-53-48/h4-29H,1-3H3. The Morgan fingerprint density at radius 2 is 0.823 bits per heavy atom. The fourth-order valence-corrected chi connectivity index (χ4v) is 9.09. The number of fused-ring (bicyclic) bond motifs is 9. The SMILES string of the molecule is Cc1nnc(-n2c3cc(Oc4cc(C)c5c6ccccc6n(-c6ccccn6)c5c4)ccc3c3ccc(Oc4cc(C)c5c6ccccc6n(-c6ccccn6)c5c4)cc32)nn1. The summed E-state index contributed by atoms with van der Waals surface area (Å²) in [5.74, 6) is 5.20. The first-order valence-electron chi connectivity index (χ1n) is 20.4. The molecule has 0 atom stereocenters. The van der Waals surface area contributed by atoms with Gasteiger partial charge in [-0.3, -0.25) is 13.7 Å². The Labute approximate surface area is 354 Å². The molecule has 11 heteroatoms. The summed E-state index contributed by atoms with van der Waals surface area (Å²) in [7, 11) is 0. The van der Waals surface area contributed by atoms with Gasteiger partial charge in [0.05, 0.1) is 33.1 Å². The highest BCUT2D eigenvalue weighted by Gasteiger charge is 2.21. The summed E-state index contributed by atoms with van der Waals surface area (Å²) in [5.41, 5.74) is 8.06. The number of rotatable bonds is 7. The van der Waals surface area contributed by atoms with Crippen LogP contribution in [0.3, 0.4) is 0 Å². The normalized spacial score (nSPS) is 11.8. The van der Waals surface area contributed by atoms with Gasteiger partial charge in [-0.1, -0.05) is 48.5 Å². The Bertz CT molecular complexity index is 3500. The maximum Gasteiger partial charge on any atom is 0.273 e. The van der Waals surface area contributed by atoms with E-state index in [2.05, 4.69) is 128 Å². The average Bonchev–Trinajstić information content (AvgIpc) is 3.93. The molecule has 0 spiro atoms. The van der Waals surface area contributed by atoms with Crippen molar-refractivity contribution in [3.8, 4) is 40.6 Å². The summed E-state index contributed by atoms with van der Waals surface area (Å²) in [5, 5.41) is 24.2. The zero-order valence-corrected chi connectivity index (χ0v) is 33.9. The molecule has 0 aliphatic carbocycles. The number of aryl methyl sites for hydroxylation is 3. The van der Waals surface area contributed by atoms with Gasteiger partial charge in [-0.15, -0.1) is 20.4 Å². The Balaban J connectivity index is 0.977. The number of hydrogen-bond donors (Lipinski definition) is 0. The third kappa shape index (κ3) is 5.59. The van der Waals surface area contributed by atoms with Gasteiger partial charge >= 0.3 is 0 Å². The van der Waals surface area contributed by atoms with Crippen molar-refractivity contribution >= 4 is 65.4 Å². The highest BCUT2D eigenvalue weighted by Crippen LogP contribution is 2.41. The molecule has 6 aromatic carbocycles. The molecule has 0 saturated heterocycles. The molecule has 62 heavy (non-hydrogen) atoms. The average molecular weight is 806 g/mol. The number of aromatic nitrogens is 9. The highest BCUT2D eigenvalue weighted by molar-refractivity contribution is 6.13. The van der Waals surface area contributed by atoms with E-state index in [1.165, 1.54) is 0 Å². The van der Waals surface area contributed by atoms with Crippen LogP contribution < -0.4 is 9.47 Å². The molecule has 0 saturated carbocycles. The predicted octanol–water partition coefficient (Wildman–Crippen LogP) is 11.9. The van der Waals surface area contributed by atoms with Crippen molar-refractivity contribution in [2.45, 2.75) is 20.8 Å². The van der Waals surface area contributed by atoms with Crippen molar-refractivity contribution in [3.63, 3.8) is 0 Å². The second kappa shape index (κ2) is 13.8. The summed E-state index contributed by atoms with van der Waals surface area (Å²) >= 11 is 0. The maximum atomic E-state index is 6.73. The van der Waals surface area contributed by atoms with E-state index in [0.717, 1.165) is 88.2 Å². The van der Waals surface area contributed by atoms with Gasteiger partial charge in [0.1, 0.15) is 34.6 Å². The van der Waals surface area contributed by atoms with E-state index in [4.69, 9.17) is 19.4 Å². The summed E-state index contributed by atoms with van der Waals surface area (Å²) in [6.45, 7) is 6.02. The van der Waals surface area contributed by atoms with Crippen molar-refractivity contribution < 1.29 is 9.47 Å². The lowest BCUT2D eigenvalue weighted by Gasteiger charge is -2.11. The van der Waals surface area contributed by atoms with Crippen LogP contribution in [0.15, 0.2) is 158 Å². The third-order valence-electron chi connectivity index (χ3n) is 11.6. The minimum atomic E-state index is 0.333. The molecule has 0 aliphatic heterocycles. The van der Waals surface area contributed by atoms with Crippen LogP contribution in [0, 0.1) is 20.8 Å². The lowest BCUT2D eigenvalue weighted by atomic mass is 10.1. The van der Waals surface area contributed by atoms with Crippen LogP contribution in [0.4, 0.5) is 0 Å². The van der Waals surface area contributed by atoms with Crippen molar-refractivity contribution in [1.82, 2.24) is 44.1 Å². The number of nitrogens with zero attached hydrogens (tertiary/aromatic N) is 9. The van der Waals surface area contributed by atoms with E-state index in [9.17, 15) is 0 Å². The maximum absolute atomic E-state index is 6.73. The molecular weight excluding hydrogens is 771 g/mol. The molecule has 12 aromatic rings. The lowest BCUT2D eigenvalue weighted by Crippen LogP contribution is -2.06. The van der Waals surface area contributed by atoms with Gasteiger partial charge in [0.2, 0.25) is 0 Å². The number of pyridine rings is 2. The molecule has 12 rings (SSSR count). The number of hydrogen-bond acceptors (Lipinski definition) is 8. The summed E-state index contributed by atoms with van der Waals surface area (Å²) in [4.78, 5) is 9.43. The highest BCUT2D eigenvalue weighted by atomic mass is 16.5. The summed E-state index contributed by atoms with van der Waals surface area (Å²) in [6.07, 6.45) is 3.64. The van der Waals surface area contributed by atoms with E-state index < -0.39 is 0 Å². The monoisotopic (exact) mass is 805 g/mol. The minimum Gasteiger partial charge on any atom is -0.457 e. The van der Waals surface area contributed by atoms with Crippen LogP contribution in [-0.2, 0) is 0 Å². The van der Waals surface area contributed by atoms with Crippen LogP contribution in [0.2, 0.25) is 0 Å². The Morgan fingerprint density at radius 1 is 0.371 bits per heavy atom. The van der Waals surface area contributed by atoms with Gasteiger partial charge < -0.3 is 9.47 Å². The predicted molar refractivity (Wildman–Crippen MR) is 243 cm³/mol. The van der Waals surface area contributed by atoms with Crippen LogP contribution >= 0.6 is 0 Å². The zero-order valence-electron chi connectivity index (χ0n) is 33.9. The first kappa shape index (κ1) is 35.5. The first-order valence-corrected chi connectivity index (χ1v) is 20.4. The summed E-state index contributed by atoms with van der Waals surface area (Å²) in [6, 6.07) is 49.3. The fraction of sp³-hybridized carbons (Fsp3) is 0.0588. The molecule has 0 amide bonds. The van der Waals surface area contributed by atoms with E-state index in [-0.39, 0.29) is 0 Å². The quantitative estimate of drug-likeness (QED) is 0.157. The number of ether oxygens (including phenoxy) is 2. The Hall–Kier alpha value is -8.44. The Morgan fingerprint density at radius 3 is 1.29 bits per heavy atom. The van der Waals surface area contributed by atoms with Gasteiger partial charge in [-0.2, -0.15) is 0 Å². The van der Waals surface area contributed by atoms with Gasteiger partial charge in [-0.05, 0) is 105 Å². The molecule has 0 fully saturated rings. The van der Waals surface area contributed by atoms with Gasteiger partial charge in [-0.25, -0.2) is 9.97 Å². The Kier molecular flexibility index (Phi) is 7.91. The van der Waals surface area contributed by atoms with E-state index in [1.807, 2.05) is 77.6 Å². The van der Waals surface area contributed by atoms with Crippen LogP contribution in [0.1, 0.15) is 17.0 Å². The van der Waals surface area contributed by atoms with Crippen molar-refractivity contribution in [1.29, 1.82) is 0 Å². The van der Waals surface area contributed by atoms with Crippen molar-refractivity contribution in [2.24, 2.45) is 0 Å². The van der Waals surface area contributed by atoms with Gasteiger partial charge in [0, 0.05) is 69.0 Å². The van der Waals surface area contributed by atoms with E-state index in [1.54, 1.807) is 6.92 Å². The van der Waals surface area contributed by atoms with Crippen molar-refractivity contribution in [2.75, 3.05) is 0 Å². The van der Waals surface area contributed by atoms with Crippen LogP contribution in [0.5, 0.6) is 23.0 Å². The molecular formula is C51H35N9O2. The molecule has 11 nitrogen and oxygen atoms in total. The molecule has 0 bridgehead atoms. The molecule has 6 aromatic heterocycles. The molecule has 296 valence electrons. The van der Waals surface area contributed by atoms with Crippen LogP contribution in [-0.4, -0.2) is 44.1 Å². The van der Waals surface area contributed by atoms with Crippen molar-refractivity contribution in [3.05, 3.63) is 175 Å². The largest absolute Gasteiger partial charge is 0.457 e. The fourth-order valence-electron chi connectivity index (χ4n) is 9.09. The third-order valence-corrected chi connectivity index (χ3v) is 11.6. The minimum absolute atomic E-state index is 0.333. The molecule has 0 unspecified atom stereocenters. The summed E-state index contributed by atoms with van der Waals surface area (Å²) < 4.78 is 19.8. The van der Waals surface area contributed by atoms with E-state index in [0.29, 0.717) is 34.8 Å². The van der Waals surface area contributed by atoms with E-state index >= 15 is 0 Å². The second-order valence-corrected chi connectivity index (χ2v) is 15.5.